The zero-order valence-corrected chi connectivity index (χ0v) is 21.8. The summed E-state index contributed by atoms with van der Waals surface area (Å²) in [5, 5.41) is 8.62. The summed E-state index contributed by atoms with van der Waals surface area (Å²) < 4.78 is 0. The topological polar surface area (TPSA) is 46.7 Å². The zero-order valence-electron chi connectivity index (χ0n) is 21.8. The maximum atomic E-state index is 4.68. The van der Waals surface area contributed by atoms with Crippen molar-refractivity contribution in [1.29, 1.82) is 0 Å². The summed E-state index contributed by atoms with van der Waals surface area (Å²) in [6.07, 6.45) is 4.36. The molecule has 0 saturated carbocycles. The Balaban J connectivity index is 1.10. The van der Waals surface area contributed by atoms with Gasteiger partial charge in [-0.3, -0.25) is 9.88 Å². The molecule has 6 nitrogen and oxygen atoms in total. The lowest BCUT2D eigenvalue weighted by molar-refractivity contribution is 0.0701. The summed E-state index contributed by atoms with van der Waals surface area (Å²) in [6, 6.07) is 19.8. The molecule has 0 radical (unpaired) electrons. The summed E-state index contributed by atoms with van der Waals surface area (Å²) in [5.41, 5.74) is 6.47. The molecule has 3 atom stereocenters. The Morgan fingerprint density at radius 2 is 1.81 bits per heavy atom. The van der Waals surface area contributed by atoms with Crippen LogP contribution in [0.3, 0.4) is 0 Å². The summed E-state index contributed by atoms with van der Waals surface area (Å²) >= 11 is 0. The number of aryl methyl sites for hydroxylation is 1. The number of aromatic nitrogens is 1. The third-order valence-electron chi connectivity index (χ3n) is 8.55. The van der Waals surface area contributed by atoms with E-state index in [1.54, 1.807) is 0 Å². The molecule has 3 aromatic rings. The Bertz CT molecular complexity index is 1170. The third kappa shape index (κ3) is 4.82. The van der Waals surface area contributed by atoms with E-state index < -0.39 is 0 Å². The third-order valence-corrected chi connectivity index (χ3v) is 8.55. The molecule has 0 bridgehead atoms. The first-order valence-corrected chi connectivity index (χ1v) is 13.8. The summed E-state index contributed by atoms with van der Waals surface area (Å²) in [7, 11) is 0. The molecular formula is C30H40N6. The molecule has 36 heavy (non-hydrogen) atoms. The maximum Gasteiger partial charge on any atom is 0.0751 e. The minimum absolute atomic E-state index is 0.565. The number of nitrogens with zero attached hydrogens (tertiary/aromatic N) is 4. The first-order valence-electron chi connectivity index (χ1n) is 13.8. The number of pyridine rings is 1. The fourth-order valence-corrected chi connectivity index (χ4v) is 6.55. The van der Waals surface area contributed by atoms with Crippen LogP contribution in [0, 0.1) is 6.92 Å². The smallest absolute Gasteiger partial charge is 0.0751 e. The van der Waals surface area contributed by atoms with E-state index >= 15 is 0 Å². The number of piperidine rings is 1. The molecule has 6 heteroatoms. The minimum Gasteiger partial charge on any atom is -0.369 e. The van der Waals surface area contributed by atoms with E-state index in [2.05, 4.69) is 92.7 Å². The molecule has 0 unspecified atom stereocenters. The highest BCUT2D eigenvalue weighted by atomic mass is 15.3. The van der Waals surface area contributed by atoms with Crippen molar-refractivity contribution in [3.63, 3.8) is 0 Å². The standard InChI is InChI=1S/C30H40N6/c1-22-5-10-29(28-4-3-12-32-30(22)28)35-20-23(2)36-15-11-25(18-27(36)21-35)33-19-24-6-8-26(9-7-24)34-16-13-31-14-17-34/h3-10,12,23,25,27,31,33H,11,13-21H2,1-2H3/t23-,25+,27+/m1/s1. The molecule has 2 aromatic carbocycles. The number of hydrogen-bond donors (Lipinski definition) is 2. The average Bonchev–Trinajstić information content (AvgIpc) is 2.93. The van der Waals surface area contributed by atoms with Crippen LogP contribution in [-0.2, 0) is 6.54 Å². The van der Waals surface area contributed by atoms with Gasteiger partial charge in [0.25, 0.3) is 0 Å². The second kappa shape index (κ2) is 10.4. The molecule has 0 aliphatic carbocycles. The molecule has 3 aliphatic heterocycles. The SMILES string of the molecule is Cc1ccc(N2C[C@@H]3C[C@@H](NCc4ccc(N5CCNCC5)cc4)CCN3[C@H](C)C2)c2cccnc12. The van der Waals surface area contributed by atoms with E-state index in [1.165, 1.54) is 47.3 Å². The molecule has 3 aliphatic rings. The largest absolute Gasteiger partial charge is 0.369 e. The molecular weight excluding hydrogens is 444 g/mol. The highest BCUT2D eigenvalue weighted by Gasteiger charge is 2.37. The van der Waals surface area contributed by atoms with Gasteiger partial charge >= 0.3 is 0 Å². The van der Waals surface area contributed by atoms with Crippen molar-refractivity contribution >= 4 is 22.3 Å². The first-order chi connectivity index (χ1) is 17.7. The second-order valence-corrected chi connectivity index (χ2v) is 11.0. The van der Waals surface area contributed by atoms with Crippen LogP contribution in [0.2, 0.25) is 0 Å². The van der Waals surface area contributed by atoms with Crippen molar-refractivity contribution < 1.29 is 0 Å². The Morgan fingerprint density at radius 3 is 2.64 bits per heavy atom. The number of piperazine rings is 2. The zero-order chi connectivity index (χ0) is 24.5. The van der Waals surface area contributed by atoms with Crippen LogP contribution >= 0.6 is 0 Å². The molecule has 0 amide bonds. The van der Waals surface area contributed by atoms with E-state index in [1.807, 2.05) is 6.20 Å². The Labute approximate surface area is 215 Å². The molecule has 2 N–H and O–H groups in total. The van der Waals surface area contributed by atoms with Crippen molar-refractivity contribution in [2.75, 3.05) is 55.6 Å². The van der Waals surface area contributed by atoms with Gasteiger partial charge in [-0.1, -0.05) is 18.2 Å². The van der Waals surface area contributed by atoms with Gasteiger partial charge in [0.2, 0.25) is 0 Å². The lowest BCUT2D eigenvalue weighted by Crippen LogP contribution is -2.62. The normalized spacial score (nSPS) is 25.2. The Morgan fingerprint density at radius 1 is 0.972 bits per heavy atom. The number of rotatable bonds is 5. The van der Waals surface area contributed by atoms with E-state index in [4.69, 9.17) is 0 Å². The van der Waals surface area contributed by atoms with Gasteiger partial charge in [0, 0.05) is 93.4 Å². The number of hydrogen-bond acceptors (Lipinski definition) is 6. The van der Waals surface area contributed by atoms with Gasteiger partial charge in [-0.2, -0.15) is 0 Å². The maximum absolute atomic E-state index is 4.68. The monoisotopic (exact) mass is 484 g/mol. The predicted molar refractivity (Wildman–Crippen MR) is 150 cm³/mol. The fraction of sp³-hybridized carbons (Fsp3) is 0.500. The van der Waals surface area contributed by atoms with Gasteiger partial charge < -0.3 is 20.4 Å². The van der Waals surface area contributed by atoms with Crippen LogP contribution in [0.5, 0.6) is 0 Å². The van der Waals surface area contributed by atoms with Gasteiger partial charge in [0.1, 0.15) is 0 Å². The van der Waals surface area contributed by atoms with Crippen LogP contribution in [0.15, 0.2) is 54.7 Å². The summed E-state index contributed by atoms with van der Waals surface area (Å²) in [6.45, 7) is 13.2. The van der Waals surface area contributed by atoms with Gasteiger partial charge in [-0.25, -0.2) is 0 Å². The molecule has 1 aromatic heterocycles. The van der Waals surface area contributed by atoms with Gasteiger partial charge in [0.15, 0.2) is 0 Å². The molecule has 0 spiro atoms. The second-order valence-electron chi connectivity index (χ2n) is 11.0. The number of nitrogens with one attached hydrogen (secondary N) is 2. The summed E-state index contributed by atoms with van der Waals surface area (Å²) in [5.74, 6) is 0. The Hall–Kier alpha value is -2.67. The average molecular weight is 485 g/mol. The minimum atomic E-state index is 0.565. The van der Waals surface area contributed by atoms with Crippen molar-refractivity contribution in [3.8, 4) is 0 Å². The number of benzene rings is 2. The van der Waals surface area contributed by atoms with Crippen LogP contribution in [-0.4, -0.2) is 73.8 Å². The molecule has 4 heterocycles. The number of fused-ring (bicyclic) bond motifs is 2. The fourth-order valence-electron chi connectivity index (χ4n) is 6.55. The van der Waals surface area contributed by atoms with Crippen LogP contribution in [0.1, 0.15) is 30.9 Å². The van der Waals surface area contributed by atoms with E-state index in [0.717, 1.165) is 51.3 Å². The van der Waals surface area contributed by atoms with Crippen molar-refractivity contribution in [1.82, 2.24) is 20.5 Å². The van der Waals surface area contributed by atoms with Crippen molar-refractivity contribution in [2.24, 2.45) is 0 Å². The van der Waals surface area contributed by atoms with Gasteiger partial charge in [-0.05, 0) is 68.1 Å². The summed E-state index contributed by atoms with van der Waals surface area (Å²) in [4.78, 5) is 12.5. The van der Waals surface area contributed by atoms with Crippen molar-refractivity contribution in [3.05, 3.63) is 65.9 Å². The highest BCUT2D eigenvalue weighted by molar-refractivity contribution is 5.93. The van der Waals surface area contributed by atoms with Crippen molar-refractivity contribution in [2.45, 2.75) is 51.4 Å². The number of anilines is 2. The molecule has 6 rings (SSSR count). The molecule has 190 valence electrons. The van der Waals surface area contributed by atoms with E-state index in [-0.39, 0.29) is 0 Å². The lowest BCUT2D eigenvalue weighted by Gasteiger charge is -2.50. The first kappa shape index (κ1) is 23.7. The van der Waals surface area contributed by atoms with Gasteiger partial charge in [-0.15, -0.1) is 0 Å². The highest BCUT2D eigenvalue weighted by Crippen LogP contribution is 2.33. The molecule has 3 saturated heterocycles. The van der Waals surface area contributed by atoms with Crippen LogP contribution < -0.4 is 20.4 Å². The Kier molecular flexibility index (Phi) is 6.83. The van der Waals surface area contributed by atoms with E-state index in [9.17, 15) is 0 Å². The van der Waals surface area contributed by atoms with Crippen LogP contribution in [0.4, 0.5) is 11.4 Å². The molecule has 3 fully saturated rings. The van der Waals surface area contributed by atoms with Crippen LogP contribution in [0.25, 0.3) is 10.9 Å². The predicted octanol–water partition coefficient (Wildman–Crippen LogP) is 3.78. The lowest BCUT2D eigenvalue weighted by atomic mass is 9.92. The van der Waals surface area contributed by atoms with Gasteiger partial charge in [0.05, 0.1) is 5.52 Å². The quantitative estimate of drug-likeness (QED) is 0.575. The van der Waals surface area contributed by atoms with E-state index in [0.29, 0.717) is 18.1 Å².